The molecule has 7 nitrogen and oxygen atoms in total. The molecule has 0 spiro atoms. The smallest absolute Gasteiger partial charge is 0.331 e. The molecule has 3 N–H and O–H groups in total. The summed E-state index contributed by atoms with van der Waals surface area (Å²) in [6, 6.07) is 3.77. The van der Waals surface area contributed by atoms with E-state index in [-0.39, 0.29) is 0 Å². The van der Waals surface area contributed by atoms with Crippen molar-refractivity contribution in [1.29, 1.82) is 0 Å². The fourth-order valence-corrected chi connectivity index (χ4v) is 3.32. The Morgan fingerprint density at radius 2 is 2.10 bits per heavy atom. The number of hydrogen-bond donors (Lipinski definition) is 3. The van der Waals surface area contributed by atoms with Crippen LogP contribution < -0.4 is 10.1 Å². The van der Waals surface area contributed by atoms with Gasteiger partial charge in [-0.05, 0) is 64.3 Å². The Morgan fingerprint density at radius 1 is 1.41 bits per heavy atom. The predicted octanol–water partition coefficient (Wildman–Crippen LogP) is 2.14. The van der Waals surface area contributed by atoms with Crippen molar-refractivity contribution in [3.8, 4) is 5.75 Å². The van der Waals surface area contributed by atoms with Gasteiger partial charge < -0.3 is 25.0 Å². The van der Waals surface area contributed by atoms with E-state index in [0.717, 1.165) is 12.0 Å². The fraction of sp³-hybridized carbons (Fsp3) is 0.545. The summed E-state index contributed by atoms with van der Waals surface area (Å²) in [5, 5.41) is 22.9. The average molecular weight is 405 g/mol. The number of aliphatic hydroxyl groups is 2. The van der Waals surface area contributed by atoms with E-state index >= 15 is 0 Å². The first-order chi connectivity index (χ1) is 13.6. The lowest BCUT2D eigenvalue weighted by molar-refractivity contribution is -0.145. The Hall–Kier alpha value is -2.38. The molecule has 0 aliphatic carbocycles. The van der Waals surface area contributed by atoms with Crippen LogP contribution >= 0.6 is 0 Å². The van der Waals surface area contributed by atoms with Crippen molar-refractivity contribution in [2.45, 2.75) is 70.8 Å². The molecule has 1 aromatic rings. The predicted molar refractivity (Wildman–Crippen MR) is 109 cm³/mol. The fourth-order valence-electron chi connectivity index (χ4n) is 3.32. The molecule has 7 heteroatoms. The van der Waals surface area contributed by atoms with Gasteiger partial charge in [-0.3, -0.25) is 4.79 Å². The molecule has 2 rings (SSSR count). The van der Waals surface area contributed by atoms with Crippen LogP contribution in [0.4, 0.5) is 0 Å². The summed E-state index contributed by atoms with van der Waals surface area (Å²) < 4.78 is 10.7. The molecule has 0 radical (unpaired) electrons. The van der Waals surface area contributed by atoms with Crippen LogP contribution in [0.5, 0.6) is 5.75 Å². The van der Waals surface area contributed by atoms with E-state index in [1.165, 1.54) is 19.6 Å². The molecular weight excluding hydrogens is 374 g/mol. The van der Waals surface area contributed by atoms with Crippen molar-refractivity contribution in [3.05, 3.63) is 41.0 Å². The zero-order valence-electron chi connectivity index (χ0n) is 17.7. The van der Waals surface area contributed by atoms with Crippen LogP contribution in [0.1, 0.15) is 56.5 Å². The molecule has 1 amide bonds. The number of ether oxygens (including phenoxy) is 2. The van der Waals surface area contributed by atoms with Gasteiger partial charge in [0.1, 0.15) is 11.4 Å². The monoisotopic (exact) mass is 405 g/mol. The minimum Gasteiger partial charge on any atom is -0.485 e. The van der Waals surface area contributed by atoms with Crippen LogP contribution in [-0.2, 0) is 16.0 Å². The number of amides is 1. The van der Waals surface area contributed by atoms with Gasteiger partial charge in [-0.15, -0.1) is 0 Å². The Labute approximate surface area is 171 Å². The van der Waals surface area contributed by atoms with Crippen LogP contribution in [0.2, 0.25) is 0 Å². The lowest BCUT2D eigenvalue weighted by Gasteiger charge is -2.40. The van der Waals surface area contributed by atoms with Gasteiger partial charge >= 0.3 is 5.97 Å². The second kappa shape index (κ2) is 9.41. The SMILES string of the molecule is COC(=O)C(NC(=O)c1ccc2c(c1)CC(O)C(C)(CCC=C(C)C)O2)C(C)O. The van der Waals surface area contributed by atoms with E-state index in [9.17, 15) is 19.8 Å². The van der Waals surface area contributed by atoms with Crippen LogP contribution in [0.15, 0.2) is 29.8 Å². The average Bonchev–Trinajstić information content (AvgIpc) is 2.65. The van der Waals surface area contributed by atoms with Crippen molar-refractivity contribution in [3.63, 3.8) is 0 Å². The highest BCUT2D eigenvalue weighted by Gasteiger charge is 2.39. The zero-order chi connectivity index (χ0) is 21.8. The third-order valence-electron chi connectivity index (χ3n) is 5.20. The van der Waals surface area contributed by atoms with Crippen LogP contribution in [0, 0.1) is 0 Å². The van der Waals surface area contributed by atoms with Gasteiger partial charge in [0.15, 0.2) is 6.04 Å². The van der Waals surface area contributed by atoms with Gasteiger partial charge in [0.05, 0.1) is 19.3 Å². The van der Waals surface area contributed by atoms with Crippen molar-refractivity contribution in [1.82, 2.24) is 5.32 Å². The summed E-state index contributed by atoms with van der Waals surface area (Å²) in [6.07, 6.45) is 2.15. The Balaban J connectivity index is 2.16. The Bertz CT molecular complexity index is 784. The minimum atomic E-state index is -1.16. The molecule has 4 unspecified atom stereocenters. The van der Waals surface area contributed by atoms with E-state index < -0.39 is 35.7 Å². The Morgan fingerprint density at radius 3 is 2.69 bits per heavy atom. The lowest BCUT2D eigenvalue weighted by atomic mass is 9.85. The number of benzene rings is 1. The largest absolute Gasteiger partial charge is 0.485 e. The highest BCUT2D eigenvalue weighted by Crippen LogP contribution is 2.36. The van der Waals surface area contributed by atoms with E-state index in [0.29, 0.717) is 24.2 Å². The molecule has 0 aromatic heterocycles. The number of rotatable bonds is 7. The quantitative estimate of drug-likeness (QED) is 0.474. The summed E-state index contributed by atoms with van der Waals surface area (Å²) in [5.74, 6) is -0.612. The number of methoxy groups -OCH3 is 1. The molecule has 1 aliphatic rings. The maximum atomic E-state index is 12.5. The molecule has 1 heterocycles. The first-order valence-corrected chi connectivity index (χ1v) is 9.77. The number of hydrogen-bond acceptors (Lipinski definition) is 6. The molecule has 29 heavy (non-hydrogen) atoms. The second-order valence-corrected chi connectivity index (χ2v) is 7.99. The van der Waals surface area contributed by atoms with Crippen molar-refractivity contribution in [2.24, 2.45) is 0 Å². The second-order valence-electron chi connectivity index (χ2n) is 7.99. The molecule has 0 bridgehead atoms. The highest BCUT2D eigenvalue weighted by molar-refractivity contribution is 5.97. The zero-order valence-corrected chi connectivity index (χ0v) is 17.7. The summed E-state index contributed by atoms with van der Waals surface area (Å²) in [4.78, 5) is 24.3. The maximum Gasteiger partial charge on any atom is 0.331 e. The molecule has 1 aromatic carbocycles. The molecule has 0 saturated heterocycles. The van der Waals surface area contributed by atoms with Crippen LogP contribution in [0.25, 0.3) is 0 Å². The molecule has 0 saturated carbocycles. The van der Waals surface area contributed by atoms with Gasteiger partial charge in [-0.25, -0.2) is 4.79 Å². The number of carbonyl (C=O) groups is 2. The summed E-state index contributed by atoms with van der Waals surface area (Å²) in [7, 11) is 1.19. The normalized spacial score (nSPS) is 22.5. The van der Waals surface area contributed by atoms with Crippen molar-refractivity contribution >= 4 is 11.9 Å². The van der Waals surface area contributed by atoms with Gasteiger partial charge in [0, 0.05) is 12.0 Å². The van der Waals surface area contributed by atoms with Gasteiger partial charge in [0.2, 0.25) is 0 Å². The number of esters is 1. The molecular formula is C22H31NO6. The van der Waals surface area contributed by atoms with Crippen LogP contribution in [0.3, 0.4) is 0 Å². The topological polar surface area (TPSA) is 105 Å². The van der Waals surface area contributed by atoms with Gasteiger partial charge in [0.25, 0.3) is 5.91 Å². The van der Waals surface area contributed by atoms with Gasteiger partial charge in [-0.2, -0.15) is 0 Å². The molecule has 1 aliphatic heterocycles. The summed E-state index contributed by atoms with van der Waals surface area (Å²) in [5.41, 5.74) is 1.54. The lowest BCUT2D eigenvalue weighted by Crippen LogP contribution is -2.49. The van der Waals surface area contributed by atoms with E-state index in [4.69, 9.17) is 4.74 Å². The van der Waals surface area contributed by atoms with Crippen LogP contribution in [-0.4, -0.2) is 53.1 Å². The van der Waals surface area contributed by atoms with Gasteiger partial charge in [-0.1, -0.05) is 11.6 Å². The number of carbonyl (C=O) groups excluding carboxylic acids is 2. The number of allylic oxidation sites excluding steroid dienone is 2. The standard InChI is InChI=1S/C22H31NO6/c1-13(2)7-6-10-22(4)18(25)12-16-11-15(8-9-17(16)29-22)20(26)23-19(14(3)24)21(27)28-5/h7-9,11,14,18-19,24-25H,6,10,12H2,1-5H3,(H,23,26). The highest BCUT2D eigenvalue weighted by atomic mass is 16.5. The Kier molecular flexibility index (Phi) is 7.43. The summed E-state index contributed by atoms with van der Waals surface area (Å²) >= 11 is 0. The van der Waals surface area contributed by atoms with Crippen molar-refractivity contribution < 1.29 is 29.3 Å². The third-order valence-corrected chi connectivity index (χ3v) is 5.20. The first kappa shape index (κ1) is 22.9. The molecule has 4 atom stereocenters. The van der Waals surface area contributed by atoms with Crippen molar-refractivity contribution in [2.75, 3.05) is 7.11 Å². The first-order valence-electron chi connectivity index (χ1n) is 9.77. The maximum absolute atomic E-state index is 12.5. The number of fused-ring (bicyclic) bond motifs is 1. The minimum absolute atomic E-state index is 0.308. The van der Waals surface area contributed by atoms with E-state index in [1.54, 1.807) is 18.2 Å². The number of aliphatic hydroxyl groups excluding tert-OH is 2. The summed E-state index contributed by atoms with van der Waals surface area (Å²) in [6.45, 7) is 7.36. The third kappa shape index (κ3) is 5.58. The molecule has 160 valence electrons. The number of nitrogens with one attached hydrogen (secondary N) is 1. The van der Waals surface area contributed by atoms with E-state index in [2.05, 4.69) is 16.1 Å². The molecule has 0 fully saturated rings. The van der Waals surface area contributed by atoms with E-state index in [1.807, 2.05) is 20.8 Å².